The first-order valence-corrected chi connectivity index (χ1v) is 8.92. The van der Waals surface area contributed by atoms with Gasteiger partial charge in [0.2, 0.25) is 0 Å². The maximum atomic E-state index is 12.8. The van der Waals surface area contributed by atoms with E-state index in [0.29, 0.717) is 31.1 Å². The third-order valence-corrected chi connectivity index (χ3v) is 4.40. The fourth-order valence-corrected chi connectivity index (χ4v) is 3.09. The molecule has 1 N–H and O–H groups in total. The van der Waals surface area contributed by atoms with Crippen LogP contribution in [0.25, 0.3) is 0 Å². The number of aryl methyl sites for hydroxylation is 1. The van der Waals surface area contributed by atoms with Crippen molar-refractivity contribution in [1.82, 2.24) is 4.90 Å². The molecule has 1 heterocycles. The van der Waals surface area contributed by atoms with E-state index in [4.69, 9.17) is 14.6 Å². The van der Waals surface area contributed by atoms with Crippen molar-refractivity contribution in [3.63, 3.8) is 0 Å². The second kappa shape index (κ2) is 8.68. The standard InChI is InChI=1S/C21H23NO5/c1-15-4-2-5-16(10-15)14-27-18-7-3-6-17(11-18)21(25)22-8-9-26-19(13-22)12-20(23)24/h2-7,10-11,19H,8-9,12-14H2,1H3,(H,23,24). The average molecular weight is 369 g/mol. The fraction of sp³-hybridized carbons (Fsp3) is 0.333. The van der Waals surface area contributed by atoms with E-state index in [1.807, 2.05) is 31.2 Å². The third-order valence-electron chi connectivity index (χ3n) is 4.40. The Morgan fingerprint density at radius 3 is 2.81 bits per heavy atom. The van der Waals surface area contributed by atoms with Crippen LogP contribution in [0.15, 0.2) is 48.5 Å². The maximum Gasteiger partial charge on any atom is 0.306 e. The highest BCUT2D eigenvalue weighted by Gasteiger charge is 2.26. The molecule has 0 aromatic heterocycles. The molecule has 2 aromatic rings. The second-order valence-corrected chi connectivity index (χ2v) is 6.65. The first-order chi connectivity index (χ1) is 13.0. The molecule has 0 radical (unpaired) electrons. The third kappa shape index (κ3) is 5.31. The summed E-state index contributed by atoms with van der Waals surface area (Å²) in [5.41, 5.74) is 2.76. The smallest absolute Gasteiger partial charge is 0.306 e. The van der Waals surface area contributed by atoms with Gasteiger partial charge in [-0.1, -0.05) is 35.9 Å². The SMILES string of the molecule is Cc1cccc(COc2cccc(C(=O)N3CCOC(CC(=O)O)C3)c2)c1. The van der Waals surface area contributed by atoms with Crippen molar-refractivity contribution in [2.75, 3.05) is 19.7 Å². The lowest BCUT2D eigenvalue weighted by atomic mass is 10.1. The number of ether oxygens (including phenoxy) is 2. The Balaban J connectivity index is 1.63. The summed E-state index contributed by atoms with van der Waals surface area (Å²) in [4.78, 5) is 25.3. The van der Waals surface area contributed by atoms with Gasteiger partial charge in [-0.15, -0.1) is 0 Å². The number of hydrogen-bond acceptors (Lipinski definition) is 4. The minimum Gasteiger partial charge on any atom is -0.489 e. The first-order valence-electron chi connectivity index (χ1n) is 8.92. The second-order valence-electron chi connectivity index (χ2n) is 6.65. The number of rotatable bonds is 6. The van der Waals surface area contributed by atoms with Crippen molar-refractivity contribution < 1.29 is 24.2 Å². The number of carbonyl (C=O) groups excluding carboxylic acids is 1. The van der Waals surface area contributed by atoms with Gasteiger partial charge in [-0.2, -0.15) is 0 Å². The number of morpholine rings is 1. The molecule has 6 heteroatoms. The van der Waals surface area contributed by atoms with E-state index >= 15 is 0 Å². The van der Waals surface area contributed by atoms with Crippen molar-refractivity contribution in [2.45, 2.75) is 26.1 Å². The van der Waals surface area contributed by atoms with Crippen LogP contribution in [0.4, 0.5) is 0 Å². The van der Waals surface area contributed by atoms with Crippen LogP contribution < -0.4 is 4.74 Å². The molecule has 2 aromatic carbocycles. The quantitative estimate of drug-likeness (QED) is 0.847. The Bertz CT molecular complexity index is 820. The Morgan fingerprint density at radius 1 is 1.22 bits per heavy atom. The molecule has 1 aliphatic rings. The van der Waals surface area contributed by atoms with Crippen LogP contribution in [0, 0.1) is 6.92 Å². The number of hydrogen-bond donors (Lipinski definition) is 1. The summed E-state index contributed by atoms with van der Waals surface area (Å²) in [7, 11) is 0. The first kappa shape index (κ1) is 18.9. The van der Waals surface area contributed by atoms with Gasteiger partial charge in [0.1, 0.15) is 12.4 Å². The highest BCUT2D eigenvalue weighted by molar-refractivity contribution is 5.94. The van der Waals surface area contributed by atoms with E-state index in [1.54, 1.807) is 23.1 Å². The Kier molecular flexibility index (Phi) is 6.08. The molecule has 1 aliphatic heterocycles. The lowest BCUT2D eigenvalue weighted by molar-refractivity contribution is -0.141. The largest absolute Gasteiger partial charge is 0.489 e. The molecule has 1 unspecified atom stereocenters. The van der Waals surface area contributed by atoms with E-state index in [2.05, 4.69) is 6.07 Å². The molecule has 0 aliphatic carbocycles. The molecule has 6 nitrogen and oxygen atoms in total. The van der Waals surface area contributed by atoms with E-state index in [9.17, 15) is 9.59 Å². The number of carbonyl (C=O) groups is 2. The summed E-state index contributed by atoms with van der Waals surface area (Å²) < 4.78 is 11.3. The van der Waals surface area contributed by atoms with Gasteiger partial charge in [0, 0.05) is 18.7 Å². The number of nitrogens with zero attached hydrogens (tertiary/aromatic N) is 1. The van der Waals surface area contributed by atoms with E-state index in [-0.39, 0.29) is 18.9 Å². The van der Waals surface area contributed by atoms with Crippen LogP contribution >= 0.6 is 0 Å². The molecule has 0 spiro atoms. The molecule has 142 valence electrons. The molecule has 1 amide bonds. The number of carboxylic acid groups (broad SMARTS) is 1. The van der Waals surface area contributed by atoms with Gasteiger partial charge < -0.3 is 19.5 Å². The van der Waals surface area contributed by atoms with Gasteiger partial charge in [0.15, 0.2) is 0 Å². The monoisotopic (exact) mass is 369 g/mol. The Hall–Kier alpha value is -2.86. The van der Waals surface area contributed by atoms with Crippen molar-refractivity contribution in [2.24, 2.45) is 0 Å². The van der Waals surface area contributed by atoms with Crippen LogP contribution in [-0.2, 0) is 16.1 Å². The summed E-state index contributed by atoms with van der Waals surface area (Å²) in [5, 5.41) is 8.91. The fourth-order valence-electron chi connectivity index (χ4n) is 3.09. The van der Waals surface area contributed by atoms with Crippen LogP contribution in [0.3, 0.4) is 0 Å². The van der Waals surface area contributed by atoms with Crippen LogP contribution in [-0.4, -0.2) is 47.7 Å². The molecule has 1 saturated heterocycles. The maximum absolute atomic E-state index is 12.8. The predicted octanol–water partition coefficient (Wildman–Crippen LogP) is 2.89. The zero-order chi connectivity index (χ0) is 19.2. The minimum absolute atomic E-state index is 0.108. The number of carboxylic acids is 1. The van der Waals surface area contributed by atoms with Crippen molar-refractivity contribution >= 4 is 11.9 Å². The number of aliphatic carboxylic acids is 1. The zero-order valence-corrected chi connectivity index (χ0v) is 15.3. The summed E-state index contributed by atoms with van der Waals surface area (Å²) in [5.74, 6) is -0.451. The van der Waals surface area contributed by atoms with Crippen LogP contribution in [0.2, 0.25) is 0 Å². The Labute approximate surface area is 158 Å². The van der Waals surface area contributed by atoms with Gasteiger partial charge in [-0.3, -0.25) is 9.59 Å². The predicted molar refractivity (Wildman–Crippen MR) is 99.8 cm³/mol. The van der Waals surface area contributed by atoms with Gasteiger partial charge in [-0.25, -0.2) is 0 Å². The normalized spacial score (nSPS) is 16.8. The average Bonchev–Trinajstić information content (AvgIpc) is 2.66. The van der Waals surface area contributed by atoms with Crippen molar-refractivity contribution in [1.29, 1.82) is 0 Å². The van der Waals surface area contributed by atoms with Crippen LogP contribution in [0.5, 0.6) is 5.75 Å². The molecule has 1 atom stereocenters. The minimum atomic E-state index is -0.930. The summed E-state index contributed by atoms with van der Waals surface area (Å²) in [6.07, 6.45) is -0.579. The highest BCUT2D eigenvalue weighted by Crippen LogP contribution is 2.19. The summed E-state index contributed by atoms with van der Waals surface area (Å²) in [6, 6.07) is 15.1. The number of amides is 1. The Morgan fingerprint density at radius 2 is 2.04 bits per heavy atom. The lowest BCUT2D eigenvalue weighted by Crippen LogP contribution is -2.46. The molecule has 0 bridgehead atoms. The van der Waals surface area contributed by atoms with E-state index < -0.39 is 12.1 Å². The lowest BCUT2D eigenvalue weighted by Gasteiger charge is -2.32. The molecule has 27 heavy (non-hydrogen) atoms. The van der Waals surface area contributed by atoms with Gasteiger partial charge in [0.05, 0.1) is 19.1 Å². The summed E-state index contributed by atoms with van der Waals surface area (Å²) in [6.45, 7) is 3.52. The molecular formula is C21H23NO5. The molecule has 1 fully saturated rings. The zero-order valence-electron chi connectivity index (χ0n) is 15.3. The van der Waals surface area contributed by atoms with Crippen LogP contribution in [0.1, 0.15) is 27.9 Å². The molecule has 0 saturated carbocycles. The van der Waals surface area contributed by atoms with Gasteiger partial charge in [-0.05, 0) is 30.7 Å². The van der Waals surface area contributed by atoms with Gasteiger partial charge >= 0.3 is 5.97 Å². The topological polar surface area (TPSA) is 76.1 Å². The molecular weight excluding hydrogens is 346 g/mol. The van der Waals surface area contributed by atoms with Gasteiger partial charge in [0.25, 0.3) is 5.91 Å². The molecule has 3 rings (SSSR count). The van der Waals surface area contributed by atoms with Crippen molar-refractivity contribution in [3.8, 4) is 5.75 Å². The van der Waals surface area contributed by atoms with Crippen molar-refractivity contribution in [3.05, 3.63) is 65.2 Å². The summed E-state index contributed by atoms with van der Waals surface area (Å²) >= 11 is 0. The van der Waals surface area contributed by atoms with E-state index in [0.717, 1.165) is 5.56 Å². The van der Waals surface area contributed by atoms with E-state index in [1.165, 1.54) is 5.56 Å². The highest BCUT2D eigenvalue weighted by atomic mass is 16.5. The number of benzene rings is 2.